The number of fused-ring (bicyclic) bond motifs is 4. The maximum absolute atomic E-state index is 14.0. The first kappa shape index (κ1) is 19.1. The third-order valence-corrected chi connectivity index (χ3v) is 6.75. The molecule has 3 aliphatic rings. The van der Waals surface area contributed by atoms with Crippen molar-refractivity contribution in [1.82, 2.24) is 10.2 Å². The van der Waals surface area contributed by atoms with Crippen molar-refractivity contribution in [2.24, 2.45) is 5.41 Å². The van der Waals surface area contributed by atoms with Crippen LogP contribution in [0, 0.1) is 5.41 Å². The molecule has 0 saturated carbocycles. The molecule has 7 nitrogen and oxygen atoms in total. The molecule has 1 N–H and O–H groups in total. The summed E-state index contributed by atoms with van der Waals surface area (Å²) in [5.74, 6) is -1.07. The number of piperazine rings is 1. The van der Waals surface area contributed by atoms with Gasteiger partial charge in [-0.3, -0.25) is 14.9 Å². The molecule has 0 unspecified atom stereocenters. The van der Waals surface area contributed by atoms with Gasteiger partial charge in [-0.05, 0) is 37.2 Å². The van der Waals surface area contributed by atoms with Crippen LogP contribution in [-0.4, -0.2) is 55.5 Å². The van der Waals surface area contributed by atoms with Crippen LogP contribution in [0.5, 0.6) is 0 Å². The zero-order valence-electron chi connectivity index (χ0n) is 16.5. The summed E-state index contributed by atoms with van der Waals surface area (Å²) in [6.45, 7) is 2.06. The third kappa shape index (κ3) is 2.58. The lowest BCUT2D eigenvalue weighted by molar-refractivity contribution is -0.145. The number of nitrogens with one attached hydrogen (secondary N) is 1. The van der Waals surface area contributed by atoms with Gasteiger partial charge in [0.1, 0.15) is 0 Å². The lowest BCUT2D eigenvalue weighted by Gasteiger charge is -2.55. The van der Waals surface area contributed by atoms with Crippen molar-refractivity contribution in [3.63, 3.8) is 0 Å². The number of carbonyl (C=O) groups is 3. The summed E-state index contributed by atoms with van der Waals surface area (Å²) in [5, 5.41) is 2.73. The second-order valence-electron chi connectivity index (χ2n) is 8.10. The number of barbiturate groups is 1. The molecule has 30 heavy (non-hydrogen) atoms. The average Bonchev–Trinajstić information content (AvgIpc) is 2.73. The van der Waals surface area contributed by atoms with Gasteiger partial charge in [-0.2, -0.15) is 0 Å². The fraction of sp³-hybridized carbons (Fsp3) is 0.318. The monoisotopic (exact) mass is 424 g/mol. The van der Waals surface area contributed by atoms with E-state index in [0.29, 0.717) is 13.1 Å². The minimum absolute atomic E-state index is 0.233. The van der Waals surface area contributed by atoms with E-state index in [1.807, 2.05) is 31.3 Å². The quantitative estimate of drug-likeness (QED) is 0.711. The molecule has 1 spiro atoms. The standard InChI is InChI=1S/C22H21ClN4O3/c1-25-10-11-26-16-8-4-2-6-14(16)12-22(18(26)13-25)19(28)24-21(30)27(20(22)29)17-9-5-3-7-15(17)23/h2-9,18H,10-13H2,1H3,(H,24,28,30)/t18-,22-/m1/s1. The molecule has 154 valence electrons. The highest BCUT2D eigenvalue weighted by atomic mass is 35.5. The average molecular weight is 425 g/mol. The van der Waals surface area contributed by atoms with Crippen LogP contribution in [0.3, 0.4) is 0 Å². The predicted molar refractivity (Wildman–Crippen MR) is 114 cm³/mol. The minimum atomic E-state index is -1.42. The van der Waals surface area contributed by atoms with Crippen molar-refractivity contribution in [2.75, 3.05) is 36.5 Å². The van der Waals surface area contributed by atoms with E-state index in [1.165, 1.54) is 0 Å². The van der Waals surface area contributed by atoms with Crippen molar-refractivity contribution in [1.29, 1.82) is 0 Å². The number of halogens is 1. The maximum Gasteiger partial charge on any atom is 0.335 e. The number of imide groups is 2. The Hall–Kier alpha value is -2.90. The largest absolute Gasteiger partial charge is 0.364 e. The Morgan fingerprint density at radius 1 is 1.00 bits per heavy atom. The summed E-state index contributed by atoms with van der Waals surface area (Å²) in [4.78, 5) is 45.4. The number of amides is 4. The Bertz CT molecular complexity index is 1070. The van der Waals surface area contributed by atoms with Gasteiger partial charge in [-0.25, -0.2) is 9.69 Å². The highest BCUT2D eigenvalue weighted by Gasteiger charge is 2.63. The Balaban J connectivity index is 1.69. The van der Waals surface area contributed by atoms with Gasteiger partial charge in [0.15, 0.2) is 5.41 Å². The third-order valence-electron chi connectivity index (χ3n) is 6.43. The molecule has 2 aromatic carbocycles. The molecule has 2 fully saturated rings. The van der Waals surface area contributed by atoms with Crippen molar-refractivity contribution < 1.29 is 14.4 Å². The molecule has 4 amide bonds. The van der Waals surface area contributed by atoms with Crippen LogP contribution in [0.25, 0.3) is 0 Å². The molecule has 3 aliphatic heterocycles. The van der Waals surface area contributed by atoms with Gasteiger partial charge in [0.2, 0.25) is 5.91 Å². The van der Waals surface area contributed by atoms with E-state index in [0.717, 1.165) is 22.7 Å². The summed E-state index contributed by atoms with van der Waals surface area (Å²) in [6.07, 6.45) is 0.233. The molecule has 5 rings (SSSR count). The van der Waals surface area contributed by atoms with Crippen LogP contribution < -0.4 is 15.1 Å². The van der Waals surface area contributed by atoms with E-state index in [4.69, 9.17) is 11.6 Å². The van der Waals surface area contributed by atoms with Gasteiger partial charge in [0.05, 0.1) is 16.8 Å². The van der Waals surface area contributed by atoms with Crippen LogP contribution in [0.2, 0.25) is 5.02 Å². The second-order valence-corrected chi connectivity index (χ2v) is 8.51. The Kier molecular flexibility index (Phi) is 4.34. The van der Waals surface area contributed by atoms with E-state index in [1.54, 1.807) is 24.3 Å². The van der Waals surface area contributed by atoms with Gasteiger partial charge >= 0.3 is 6.03 Å². The van der Waals surface area contributed by atoms with Crippen LogP contribution in [0.4, 0.5) is 16.2 Å². The molecular formula is C22H21ClN4O3. The molecule has 2 atom stereocenters. The van der Waals surface area contributed by atoms with Crippen LogP contribution >= 0.6 is 11.6 Å². The first-order chi connectivity index (χ1) is 14.4. The normalized spacial score (nSPS) is 26.5. The Morgan fingerprint density at radius 2 is 1.70 bits per heavy atom. The van der Waals surface area contributed by atoms with Crippen molar-refractivity contribution in [3.8, 4) is 0 Å². The topological polar surface area (TPSA) is 73.0 Å². The van der Waals surface area contributed by atoms with Gasteiger partial charge in [-0.15, -0.1) is 0 Å². The number of hydrogen-bond acceptors (Lipinski definition) is 5. The number of carbonyl (C=O) groups excluding carboxylic acids is 3. The van der Waals surface area contributed by atoms with Crippen molar-refractivity contribution in [2.45, 2.75) is 12.5 Å². The van der Waals surface area contributed by atoms with Gasteiger partial charge in [0.25, 0.3) is 5.91 Å². The number of anilines is 2. The fourth-order valence-electron chi connectivity index (χ4n) is 4.94. The van der Waals surface area contributed by atoms with Crippen molar-refractivity contribution >= 4 is 40.8 Å². The van der Waals surface area contributed by atoms with Crippen LogP contribution in [-0.2, 0) is 16.0 Å². The number of para-hydroxylation sites is 2. The molecule has 0 aliphatic carbocycles. The molecular weight excluding hydrogens is 404 g/mol. The number of benzene rings is 2. The van der Waals surface area contributed by atoms with Crippen molar-refractivity contribution in [3.05, 3.63) is 59.1 Å². The first-order valence-electron chi connectivity index (χ1n) is 9.91. The molecule has 0 aromatic heterocycles. The minimum Gasteiger partial charge on any atom is -0.364 e. The van der Waals surface area contributed by atoms with Crippen LogP contribution in [0.15, 0.2) is 48.5 Å². The Morgan fingerprint density at radius 3 is 2.47 bits per heavy atom. The molecule has 0 bridgehead atoms. The summed E-state index contributed by atoms with van der Waals surface area (Å²) in [5.41, 5.74) is 0.831. The lowest BCUT2D eigenvalue weighted by atomic mass is 9.67. The zero-order chi connectivity index (χ0) is 21.0. The number of hydrogen-bond donors (Lipinski definition) is 1. The van der Waals surface area contributed by atoms with Gasteiger partial charge in [-0.1, -0.05) is 41.9 Å². The highest BCUT2D eigenvalue weighted by molar-refractivity contribution is 6.37. The maximum atomic E-state index is 14.0. The number of urea groups is 1. The summed E-state index contributed by atoms with van der Waals surface area (Å²) in [7, 11) is 1.98. The van der Waals surface area contributed by atoms with E-state index in [9.17, 15) is 14.4 Å². The molecule has 0 radical (unpaired) electrons. The van der Waals surface area contributed by atoms with E-state index in [2.05, 4.69) is 15.1 Å². The van der Waals surface area contributed by atoms with Gasteiger partial charge in [0, 0.05) is 25.3 Å². The highest BCUT2D eigenvalue weighted by Crippen LogP contribution is 2.46. The first-order valence-corrected chi connectivity index (χ1v) is 10.3. The second kappa shape index (κ2) is 6.82. The van der Waals surface area contributed by atoms with E-state index in [-0.39, 0.29) is 17.1 Å². The molecule has 8 heteroatoms. The summed E-state index contributed by atoms with van der Waals surface area (Å²) in [6, 6.07) is 13.4. The zero-order valence-corrected chi connectivity index (χ0v) is 17.2. The lowest BCUT2D eigenvalue weighted by Crippen LogP contribution is -2.75. The van der Waals surface area contributed by atoms with E-state index < -0.39 is 29.3 Å². The van der Waals surface area contributed by atoms with Crippen LogP contribution in [0.1, 0.15) is 5.56 Å². The smallest absolute Gasteiger partial charge is 0.335 e. The summed E-state index contributed by atoms with van der Waals surface area (Å²) >= 11 is 6.32. The molecule has 2 aromatic rings. The number of likely N-dealkylation sites (N-methyl/N-ethyl adjacent to an activating group) is 1. The van der Waals surface area contributed by atoms with E-state index >= 15 is 0 Å². The Labute approximate surface area is 179 Å². The van der Waals surface area contributed by atoms with Gasteiger partial charge < -0.3 is 9.80 Å². The number of rotatable bonds is 1. The predicted octanol–water partition coefficient (Wildman–Crippen LogP) is 2.29. The molecule has 3 heterocycles. The SMILES string of the molecule is CN1CCN2c3ccccc3C[C@]3(C(=O)NC(=O)N(c4ccccc4Cl)C3=O)[C@H]2C1. The summed E-state index contributed by atoms with van der Waals surface area (Å²) < 4.78 is 0. The molecule has 2 saturated heterocycles. The number of nitrogens with zero attached hydrogens (tertiary/aromatic N) is 3. The fourth-order valence-corrected chi connectivity index (χ4v) is 5.16.